The molecule has 0 amide bonds. The normalized spacial score (nSPS) is 44.2. The third kappa shape index (κ3) is 14.8. The number of ketones is 8. The highest BCUT2D eigenvalue weighted by atomic mass is 16.2. The standard InChI is InChI=1S/C14H22O.C12H18O.C11H16O.C10H16O.C8H12O.C8H14O.C6H10O.C5H8O/c1-3-13-5-11-4-12(6-13)8-14(7-11,9-13)10(2)15;1-2-12-5-8-3-9(6-12)11(13)10(4-8)7-12;1-6-8-2-7-3-9(5-8)11(12)10(6)4-7;1-2-7-5-9-4-3-8(7)6-10(9)11;1-5-2-6-3-7(5)8(9)4-6;1-2-7-3-5-8(9)6-4-7;1-5-2-3-6(7)4-5;1-4-2-5(6)3-4/h11-12H,3-9H2,1-2H3;8-10H,2-7H2,1H3;6-10H,2-5H2,1H3;7-9H,2-6H2,1H3;5-7H,2-4H2,1H3;7H,2-6H2,1H3;5H,2-4H2,1H3;4H,2-3H2,1H3. The lowest BCUT2D eigenvalue weighted by molar-refractivity contribution is -0.153. The highest BCUT2D eigenvalue weighted by Crippen LogP contribution is 2.67. The van der Waals surface area contributed by atoms with Crippen molar-refractivity contribution in [3.63, 3.8) is 0 Å². The molecule has 460 valence electrons. The van der Waals surface area contributed by atoms with E-state index in [1.807, 2.05) is 6.92 Å². The van der Waals surface area contributed by atoms with Gasteiger partial charge in [-0.25, -0.2) is 0 Å². The molecule has 20 aliphatic carbocycles. The minimum atomic E-state index is 0.125. The van der Waals surface area contributed by atoms with Crippen LogP contribution in [0, 0.1) is 129 Å². The summed E-state index contributed by atoms with van der Waals surface area (Å²) in [5, 5.41) is 0. The second-order valence-electron chi connectivity index (χ2n) is 32.4. The van der Waals surface area contributed by atoms with E-state index < -0.39 is 0 Å². The average molecular weight is 1130 g/mol. The van der Waals surface area contributed by atoms with Gasteiger partial charge in [0.15, 0.2) is 0 Å². The number of fused-ring (bicyclic) bond motifs is 5. The fourth-order valence-electron chi connectivity index (χ4n) is 21.9. The lowest BCUT2D eigenvalue weighted by atomic mass is 9.43. The first kappa shape index (κ1) is 63.9. The SMILES string of the molecule is CC1C2CC3CC(C2)C(=O)C1C3.CC1CC(=O)C1.CC1CC2CC(=O)C1C2.CC1CCC(=O)C1.CCC12CC3CC(C1)C(=O)C(C3)C2.CCC12CC3CC(C1)CC(C(C)=O)(C3)C2.CCC1CC2CCC1CC2=O.CCC1CCC(=O)CC1. The number of carbonyl (C=O) groups excluding carboxylic acids is 8. The van der Waals surface area contributed by atoms with Gasteiger partial charge in [-0.1, -0.05) is 81.1 Å². The van der Waals surface area contributed by atoms with Crippen molar-refractivity contribution in [1.82, 2.24) is 0 Å². The summed E-state index contributed by atoms with van der Waals surface area (Å²) in [6.45, 7) is 19.7. The first-order chi connectivity index (χ1) is 39.0. The van der Waals surface area contributed by atoms with Crippen LogP contribution in [0.15, 0.2) is 0 Å². The van der Waals surface area contributed by atoms with Crippen molar-refractivity contribution < 1.29 is 38.4 Å². The van der Waals surface area contributed by atoms with E-state index in [2.05, 4.69) is 55.4 Å². The van der Waals surface area contributed by atoms with Crippen LogP contribution in [0.1, 0.15) is 287 Å². The molecule has 16 bridgehead atoms. The molecule has 8 nitrogen and oxygen atoms in total. The van der Waals surface area contributed by atoms with Gasteiger partial charge < -0.3 is 0 Å². The van der Waals surface area contributed by atoms with Crippen LogP contribution in [0.5, 0.6) is 0 Å². The van der Waals surface area contributed by atoms with Gasteiger partial charge in [0.05, 0.1) is 0 Å². The van der Waals surface area contributed by atoms with Crippen LogP contribution in [-0.4, -0.2) is 46.3 Å². The maximum atomic E-state index is 12.0. The fourth-order valence-corrected chi connectivity index (χ4v) is 21.9. The zero-order valence-corrected chi connectivity index (χ0v) is 53.5. The van der Waals surface area contributed by atoms with Crippen LogP contribution in [0.25, 0.3) is 0 Å². The molecule has 0 aliphatic heterocycles. The number of carbonyl (C=O) groups is 8. The molecule has 8 heteroatoms. The minimum Gasteiger partial charge on any atom is -0.300 e. The number of hydrogen-bond donors (Lipinski definition) is 0. The molecule has 0 aromatic rings. The minimum absolute atomic E-state index is 0.125. The van der Waals surface area contributed by atoms with Crippen molar-refractivity contribution >= 4 is 46.3 Å². The molecule has 20 aliphatic rings. The van der Waals surface area contributed by atoms with Crippen LogP contribution < -0.4 is 0 Å². The van der Waals surface area contributed by atoms with E-state index in [0.717, 1.165) is 124 Å². The van der Waals surface area contributed by atoms with E-state index in [1.54, 1.807) is 0 Å². The molecule has 16 unspecified atom stereocenters. The highest BCUT2D eigenvalue weighted by molar-refractivity contribution is 5.87. The Hall–Kier alpha value is -2.64. The van der Waals surface area contributed by atoms with Crippen LogP contribution in [0.3, 0.4) is 0 Å². The van der Waals surface area contributed by atoms with E-state index in [4.69, 9.17) is 0 Å². The van der Waals surface area contributed by atoms with Gasteiger partial charge in [0.2, 0.25) is 0 Å². The van der Waals surface area contributed by atoms with Crippen LogP contribution in [0.2, 0.25) is 0 Å². The predicted octanol–water partition coefficient (Wildman–Crippen LogP) is 17.2. The molecule has 82 heavy (non-hydrogen) atoms. The first-order valence-corrected chi connectivity index (χ1v) is 35.2. The van der Waals surface area contributed by atoms with Crippen molar-refractivity contribution in [3.05, 3.63) is 0 Å². The van der Waals surface area contributed by atoms with E-state index in [9.17, 15) is 38.4 Å². The van der Waals surface area contributed by atoms with Crippen LogP contribution in [0.4, 0.5) is 0 Å². The van der Waals surface area contributed by atoms with Crippen LogP contribution >= 0.6 is 0 Å². The molecular formula is C74H116O8. The third-order valence-electron chi connectivity index (χ3n) is 26.5. The van der Waals surface area contributed by atoms with Crippen molar-refractivity contribution in [3.8, 4) is 0 Å². The third-order valence-corrected chi connectivity index (χ3v) is 26.5. The van der Waals surface area contributed by atoms with Crippen molar-refractivity contribution in [2.24, 2.45) is 129 Å². The van der Waals surface area contributed by atoms with Crippen molar-refractivity contribution in [2.75, 3.05) is 0 Å². The van der Waals surface area contributed by atoms with E-state index in [1.165, 1.54) is 154 Å². The molecule has 0 saturated heterocycles. The molecule has 20 rings (SSSR count). The van der Waals surface area contributed by atoms with Gasteiger partial charge in [-0.3, -0.25) is 38.4 Å². The maximum Gasteiger partial charge on any atom is 0.139 e. The molecule has 20 fully saturated rings. The summed E-state index contributed by atoms with van der Waals surface area (Å²) in [4.78, 5) is 89.2. The number of Topliss-reactive ketones (excluding diaryl/α,β-unsaturated/α-hetero) is 8. The summed E-state index contributed by atoms with van der Waals surface area (Å²) < 4.78 is 0. The summed E-state index contributed by atoms with van der Waals surface area (Å²) in [6, 6.07) is 0. The van der Waals surface area contributed by atoms with E-state index >= 15 is 0 Å². The van der Waals surface area contributed by atoms with Gasteiger partial charge >= 0.3 is 0 Å². The lowest BCUT2D eigenvalue weighted by Crippen LogP contribution is -2.54. The Balaban J connectivity index is 0.000000115. The Morgan fingerprint density at radius 1 is 0.439 bits per heavy atom. The Kier molecular flexibility index (Phi) is 21.2. The van der Waals surface area contributed by atoms with Crippen molar-refractivity contribution in [2.45, 2.75) is 287 Å². The van der Waals surface area contributed by atoms with Gasteiger partial charge in [0.1, 0.15) is 46.3 Å². The molecule has 0 aromatic carbocycles. The Morgan fingerprint density at radius 2 is 1.05 bits per heavy atom. The quantitative estimate of drug-likeness (QED) is 0.265. The number of rotatable bonds is 5. The second-order valence-corrected chi connectivity index (χ2v) is 32.4. The van der Waals surface area contributed by atoms with Gasteiger partial charge in [0, 0.05) is 92.3 Å². The van der Waals surface area contributed by atoms with Gasteiger partial charge in [-0.05, 0) is 242 Å². The summed E-state index contributed by atoms with van der Waals surface area (Å²) in [6.07, 6.45) is 41.1. The average Bonchev–Trinajstić information content (AvgIpc) is 3.70. The zero-order chi connectivity index (χ0) is 58.8. The Morgan fingerprint density at radius 3 is 1.50 bits per heavy atom. The Labute approximate surface area is 498 Å². The Bertz CT molecular complexity index is 2260. The molecule has 0 heterocycles. The molecule has 0 spiro atoms. The zero-order valence-electron chi connectivity index (χ0n) is 53.5. The number of hydrogen-bond acceptors (Lipinski definition) is 8. The lowest BCUT2D eigenvalue weighted by Gasteiger charge is -2.61. The van der Waals surface area contributed by atoms with Gasteiger partial charge in [0.25, 0.3) is 0 Å². The largest absolute Gasteiger partial charge is 0.300 e. The molecule has 16 atom stereocenters. The predicted molar refractivity (Wildman–Crippen MR) is 326 cm³/mol. The van der Waals surface area contributed by atoms with Gasteiger partial charge in [-0.15, -0.1) is 0 Å². The monoisotopic (exact) mass is 1130 g/mol. The fraction of sp³-hybridized carbons (Fsp3) is 0.892. The van der Waals surface area contributed by atoms with Crippen LogP contribution in [-0.2, 0) is 38.4 Å². The topological polar surface area (TPSA) is 137 Å². The van der Waals surface area contributed by atoms with Gasteiger partial charge in [-0.2, -0.15) is 0 Å². The summed E-state index contributed by atoms with van der Waals surface area (Å²) in [7, 11) is 0. The van der Waals surface area contributed by atoms with Crippen molar-refractivity contribution in [1.29, 1.82) is 0 Å². The molecule has 20 saturated carbocycles. The first-order valence-electron chi connectivity index (χ1n) is 35.2. The second kappa shape index (κ2) is 27.2. The molecule has 0 radical (unpaired) electrons. The summed E-state index contributed by atoms with van der Waals surface area (Å²) in [5.74, 6) is 17.6. The molecule has 0 N–H and O–H groups in total. The molecule has 0 aromatic heterocycles. The highest BCUT2D eigenvalue weighted by Gasteiger charge is 2.59. The maximum absolute atomic E-state index is 12.0. The smallest absolute Gasteiger partial charge is 0.139 e. The summed E-state index contributed by atoms with van der Waals surface area (Å²) >= 11 is 0. The molecular weight excluding hydrogens is 1020 g/mol. The van der Waals surface area contributed by atoms with E-state index in [0.29, 0.717) is 116 Å². The van der Waals surface area contributed by atoms with E-state index in [-0.39, 0.29) is 5.41 Å². The summed E-state index contributed by atoms with van der Waals surface area (Å²) in [5.41, 5.74) is 1.29.